The number of phenols is 1. The number of anilines is 1. The van der Waals surface area contributed by atoms with Crippen molar-refractivity contribution in [3.05, 3.63) is 55.4 Å². The summed E-state index contributed by atoms with van der Waals surface area (Å²) < 4.78 is 5.74. The van der Waals surface area contributed by atoms with E-state index < -0.39 is 18.5 Å². The largest absolute Gasteiger partial charge is 0.506 e. The molecular weight excluding hydrogens is 479 g/mol. The normalized spacial score (nSPS) is 10.0. The Kier molecular flexibility index (Phi) is 6.42. The topological polar surface area (TPSA) is 99.4 Å². The van der Waals surface area contributed by atoms with Crippen molar-refractivity contribution in [3.8, 4) is 11.8 Å². The molecule has 0 saturated carbocycles. The summed E-state index contributed by atoms with van der Waals surface area (Å²) in [5.41, 5.74) is 0.330. The number of rotatable bonds is 4. The third kappa shape index (κ3) is 4.95. The minimum atomic E-state index is -0.874. The van der Waals surface area contributed by atoms with Gasteiger partial charge in [-0.25, -0.2) is 4.79 Å². The van der Waals surface area contributed by atoms with Crippen LogP contribution in [0.3, 0.4) is 0 Å². The van der Waals surface area contributed by atoms with E-state index in [1.165, 1.54) is 24.3 Å². The zero-order valence-electron chi connectivity index (χ0n) is 12.3. The number of benzene rings is 2. The molecule has 1 amide bonds. The van der Waals surface area contributed by atoms with Crippen molar-refractivity contribution >= 4 is 61.0 Å². The van der Waals surface area contributed by atoms with Gasteiger partial charge in [0.2, 0.25) is 0 Å². The lowest BCUT2D eigenvalue weighted by molar-refractivity contribution is -0.119. The molecule has 6 nitrogen and oxygen atoms in total. The van der Waals surface area contributed by atoms with Gasteiger partial charge in [0.05, 0.1) is 15.7 Å². The second-order valence-electron chi connectivity index (χ2n) is 4.71. The molecule has 0 aliphatic heterocycles. The second-order valence-corrected chi connectivity index (χ2v) is 6.92. The number of hydrogen-bond acceptors (Lipinski definition) is 5. The van der Waals surface area contributed by atoms with Crippen LogP contribution in [-0.2, 0) is 9.53 Å². The van der Waals surface area contributed by atoms with Crippen LogP contribution >= 0.6 is 43.5 Å². The lowest BCUT2D eigenvalue weighted by atomic mass is 10.2. The molecule has 2 rings (SSSR count). The fraction of sp³-hybridized carbons (Fsp3) is 0.0625. The third-order valence-electron chi connectivity index (χ3n) is 2.96. The lowest BCUT2D eigenvalue weighted by Gasteiger charge is -2.10. The Bertz CT molecular complexity index is 896. The Morgan fingerprint density at radius 2 is 2.00 bits per heavy atom. The molecule has 0 aliphatic rings. The summed E-state index contributed by atoms with van der Waals surface area (Å²) in [6.45, 7) is -0.597. The summed E-state index contributed by atoms with van der Waals surface area (Å²) >= 11 is 12.1. The van der Waals surface area contributed by atoms with E-state index >= 15 is 0 Å². The second kappa shape index (κ2) is 8.34. The van der Waals surface area contributed by atoms with Crippen LogP contribution in [0.2, 0.25) is 5.02 Å². The fourth-order valence-electron chi connectivity index (χ4n) is 1.83. The highest BCUT2D eigenvalue weighted by molar-refractivity contribution is 9.11. The maximum Gasteiger partial charge on any atom is 0.342 e. The highest BCUT2D eigenvalue weighted by atomic mass is 79.9. The maximum atomic E-state index is 12.0. The average molecular weight is 489 g/mol. The van der Waals surface area contributed by atoms with E-state index in [-0.39, 0.29) is 22.6 Å². The summed E-state index contributed by atoms with van der Waals surface area (Å²) in [7, 11) is 0. The molecular formula is C16H9Br2ClN2O4. The van der Waals surface area contributed by atoms with Crippen LogP contribution in [0.1, 0.15) is 15.9 Å². The van der Waals surface area contributed by atoms with Crippen molar-refractivity contribution in [3.63, 3.8) is 0 Å². The van der Waals surface area contributed by atoms with Gasteiger partial charge in [-0.05, 0) is 46.3 Å². The molecule has 0 bridgehead atoms. The predicted molar refractivity (Wildman–Crippen MR) is 98.6 cm³/mol. The Labute approximate surface area is 164 Å². The summed E-state index contributed by atoms with van der Waals surface area (Å²) in [4.78, 5) is 24.0. The molecule has 0 atom stereocenters. The number of halogens is 3. The van der Waals surface area contributed by atoms with Crippen molar-refractivity contribution in [1.82, 2.24) is 0 Å². The number of amides is 1. The Morgan fingerprint density at radius 3 is 2.68 bits per heavy atom. The molecule has 9 heteroatoms. The Balaban J connectivity index is 2.05. The molecule has 0 radical (unpaired) electrons. The number of hydrogen-bond donors (Lipinski definition) is 2. The zero-order chi connectivity index (χ0) is 18.6. The predicted octanol–water partition coefficient (Wildman–Crippen LogP) is 4.24. The van der Waals surface area contributed by atoms with Crippen LogP contribution in [0.4, 0.5) is 5.69 Å². The number of aromatic hydroxyl groups is 1. The van der Waals surface area contributed by atoms with E-state index in [0.29, 0.717) is 14.0 Å². The molecule has 0 saturated heterocycles. The molecule has 0 heterocycles. The quantitative estimate of drug-likeness (QED) is 0.628. The average Bonchev–Trinajstić information content (AvgIpc) is 2.56. The van der Waals surface area contributed by atoms with Gasteiger partial charge in [0.1, 0.15) is 17.4 Å². The van der Waals surface area contributed by atoms with Crippen molar-refractivity contribution < 1.29 is 19.4 Å². The van der Waals surface area contributed by atoms with Crippen molar-refractivity contribution in [2.45, 2.75) is 0 Å². The van der Waals surface area contributed by atoms with Crippen LogP contribution in [0.25, 0.3) is 0 Å². The van der Waals surface area contributed by atoms with Gasteiger partial charge in [-0.3, -0.25) is 4.79 Å². The summed E-state index contributed by atoms with van der Waals surface area (Å²) in [5.74, 6) is -1.82. The minimum absolute atomic E-state index is 0.102. The van der Waals surface area contributed by atoms with E-state index in [2.05, 4.69) is 37.2 Å². The van der Waals surface area contributed by atoms with Gasteiger partial charge in [-0.1, -0.05) is 27.5 Å². The first-order chi connectivity index (χ1) is 11.8. The summed E-state index contributed by atoms with van der Waals surface area (Å²) in [6.07, 6.45) is 0. The van der Waals surface area contributed by atoms with Gasteiger partial charge in [-0.15, -0.1) is 0 Å². The standard InChI is InChI=1S/C16H9Br2ClN2O4/c17-9-3-11(15(23)12(18)4-9)16(24)25-7-14(22)21-13-5-10(19)2-1-8(13)6-20/h1-5,23H,7H2,(H,21,22). The summed E-state index contributed by atoms with van der Waals surface area (Å²) in [6, 6.07) is 9.23. The molecule has 2 aromatic rings. The number of nitrogens with one attached hydrogen (secondary N) is 1. The monoisotopic (exact) mass is 486 g/mol. The Morgan fingerprint density at radius 1 is 1.28 bits per heavy atom. The zero-order valence-corrected chi connectivity index (χ0v) is 16.3. The van der Waals surface area contributed by atoms with Gasteiger partial charge in [-0.2, -0.15) is 5.26 Å². The van der Waals surface area contributed by atoms with Crippen molar-refractivity contribution in [2.24, 2.45) is 0 Å². The van der Waals surface area contributed by atoms with E-state index in [4.69, 9.17) is 21.6 Å². The molecule has 0 unspecified atom stereocenters. The fourth-order valence-corrected chi connectivity index (χ4v) is 3.23. The van der Waals surface area contributed by atoms with Crippen molar-refractivity contribution in [1.29, 1.82) is 5.26 Å². The SMILES string of the molecule is N#Cc1ccc(Cl)cc1NC(=O)COC(=O)c1cc(Br)cc(Br)c1O. The molecule has 2 N–H and O–H groups in total. The molecule has 2 aromatic carbocycles. The van der Waals surface area contributed by atoms with Gasteiger partial charge >= 0.3 is 5.97 Å². The first kappa shape index (κ1) is 19.2. The van der Waals surface area contributed by atoms with Crippen LogP contribution in [-0.4, -0.2) is 23.6 Å². The van der Waals surface area contributed by atoms with Crippen LogP contribution in [0.5, 0.6) is 5.75 Å². The van der Waals surface area contributed by atoms with E-state index in [1.807, 2.05) is 6.07 Å². The van der Waals surface area contributed by atoms with Gasteiger partial charge in [0, 0.05) is 9.50 Å². The van der Waals surface area contributed by atoms with Gasteiger partial charge in [0.15, 0.2) is 6.61 Å². The van der Waals surface area contributed by atoms with Crippen LogP contribution in [0.15, 0.2) is 39.3 Å². The Hall–Kier alpha value is -2.08. The number of esters is 1. The van der Waals surface area contributed by atoms with Crippen LogP contribution < -0.4 is 5.32 Å². The number of phenolic OH excluding ortho intramolecular Hbond substituents is 1. The summed E-state index contributed by atoms with van der Waals surface area (Å²) in [5, 5.41) is 21.7. The molecule has 0 aromatic heterocycles. The maximum absolute atomic E-state index is 12.0. The number of carbonyl (C=O) groups is 2. The van der Waals surface area contributed by atoms with E-state index in [1.54, 1.807) is 6.07 Å². The molecule has 25 heavy (non-hydrogen) atoms. The number of carbonyl (C=O) groups excluding carboxylic acids is 2. The number of nitrogens with zero attached hydrogens (tertiary/aromatic N) is 1. The van der Waals surface area contributed by atoms with E-state index in [0.717, 1.165) is 0 Å². The molecule has 0 fully saturated rings. The first-order valence-electron chi connectivity index (χ1n) is 6.66. The minimum Gasteiger partial charge on any atom is -0.506 e. The van der Waals surface area contributed by atoms with Crippen LogP contribution in [0, 0.1) is 11.3 Å². The highest BCUT2D eigenvalue weighted by Crippen LogP contribution is 2.32. The third-order valence-corrected chi connectivity index (χ3v) is 4.26. The number of nitriles is 1. The molecule has 0 spiro atoms. The van der Waals surface area contributed by atoms with Crippen molar-refractivity contribution in [2.75, 3.05) is 11.9 Å². The smallest absolute Gasteiger partial charge is 0.342 e. The lowest BCUT2D eigenvalue weighted by Crippen LogP contribution is -2.21. The highest BCUT2D eigenvalue weighted by Gasteiger charge is 2.18. The molecule has 0 aliphatic carbocycles. The number of ether oxygens (including phenoxy) is 1. The molecule has 128 valence electrons. The van der Waals surface area contributed by atoms with E-state index in [9.17, 15) is 14.7 Å². The van der Waals surface area contributed by atoms with Gasteiger partial charge in [0.25, 0.3) is 5.91 Å². The first-order valence-corrected chi connectivity index (χ1v) is 8.63. The van der Waals surface area contributed by atoms with Gasteiger partial charge < -0.3 is 15.2 Å².